The number of ether oxygens (including phenoxy) is 1. The summed E-state index contributed by atoms with van der Waals surface area (Å²) >= 11 is 0. The first-order valence-electron chi connectivity index (χ1n) is 15.5. The van der Waals surface area contributed by atoms with E-state index in [2.05, 4.69) is 37.8 Å². The number of carbonyl (C=O) groups excluding carboxylic acids is 2. The largest absolute Gasteiger partial charge is 0.458 e. The molecule has 0 aliphatic carbocycles. The number of likely N-dealkylation sites (tertiary alicyclic amines) is 1. The molecule has 2 atom stereocenters. The monoisotopic (exact) mass is 615 g/mol. The van der Waals surface area contributed by atoms with E-state index in [1.807, 2.05) is 25.1 Å². The van der Waals surface area contributed by atoms with Gasteiger partial charge in [0.15, 0.2) is 5.76 Å². The molecule has 2 aromatic heterocycles. The second kappa shape index (κ2) is 14.1. The van der Waals surface area contributed by atoms with Gasteiger partial charge in [0.05, 0.1) is 6.10 Å². The van der Waals surface area contributed by atoms with Crippen LogP contribution in [-0.2, 0) is 27.4 Å². The maximum atomic E-state index is 14.3. The highest BCUT2D eigenvalue weighted by Gasteiger charge is 2.38. The van der Waals surface area contributed by atoms with E-state index in [9.17, 15) is 14.0 Å². The molecule has 4 heterocycles. The van der Waals surface area contributed by atoms with E-state index in [0.29, 0.717) is 43.1 Å². The third-order valence-electron chi connectivity index (χ3n) is 8.42. The van der Waals surface area contributed by atoms with Gasteiger partial charge in [0.1, 0.15) is 24.2 Å². The van der Waals surface area contributed by atoms with Crippen LogP contribution >= 0.6 is 0 Å². The maximum Gasteiger partial charge on any atom is 0.247 e. The number of piperidine rings is 1. The number of amides is 2. The van der Waals surface area contributed by atoms with E-state index in [0.717, 1.165) is 32.5 Å². The van der Waals surface area contributed by atoms with Crippen LogP contribution in [0.4, 0.5) is 4.39 Å². The Labute approximate surface area is 261 Å². The molecule has 2 amide bonds. The summed E-state index contributed by atoms with van der Waals surface area (Å²) in [6.45, 7) is 4.90. The molecule has 2 aliphatic rings. The fraction of sp³-hybridized carbons (Fsp3) is 0.424. The highest BCUT2D eigenvalue weighted by molar-refractivity contribution is 5.89. The number of benzene rings is 2. The number of tetrazole rings is 1. The molecule has 0 radical (unpaired) electrons. The van der Waals surface area contributed by atoms with Gasteiger partial charge in [0.2, 0.25) is 17.6 Å². The highest BCUT2D eigenvalue weighted by Crippen LogP contribution is 2.30. The standard InChI is InChI=1S/C33H38FN7O4/c1-23-9-14-29(45-23)32-36-38-40(37-32)22-30(42)41(27-15-17-39(18-16-27)21-24-6-3-2-4-7-24)31(25-10-12-26(34)13-11-25)33(43)35-20-28-8-5-19-44-28/h2-4,6-7,9-14,27-28,31H,5,8,15-22H2,1H3,(H,35,43)/t28-,31+/m0/s1. The summed E-state index contributed by atoms with van der Waals surface area (Å²) in [7, 11) is 0. The topological polar surface area (TPSA) is 119 Å². The summed E-state index contributed by atoms with van der Waals surface area (Å²) in [5.74, 6) is 0.330. The lowest BCUT2D eigenvalue weighted by atomic mass is 9.96. The summed E-state index contributed by atoms with van der Waals surface area (Å²) in [4.78, 5) is 33.5. The number of hydrogen-bond donors (Lipinski definition) is 1. The minimum Gasteiger partial charge on any atom is -0.458 e. The van der Waals surface area contributed by atoms with E-state index in [-0.39, 0.29) is 36.3 Å². The maximum absolute atomic E-state index is 14.3. The predicted octanol–water partition coefficient (Wildman–Crippen LogP) is 3.91. The van der Waals surface area contributed by atoms with E-state index in [1.54, 1.807) is 29.2 Å². The fourth-order valence-corrected chi connectivity index (χ4v) is 6.12. The normalized spacial score (nSPS) is 18.1. The van der Waals surface area contributed by atoms with Gasteiger partial charge in [0.25, 0.3) is 0 Å². The Morgan fingerprint density at radius 1 is 1.04 bits per heavy atom. The van der Waals surface area contributed by atoms with E-state index in [1.165, 1.54) is 22.5 Å². The van der Waals surface area contributed by atoms with Gasteiger partial charge in [-0.15, -0.1) is 10.2 Å². The van der Waals surface area contributed by atoms with Gasteiger partial charge < -0.3 is 19.4 Å². The fourth-order valence-electron chi connectivity index (χ4n) is 6.12. The van der Waals surface area contributed by atoms with Crippen molar-refractivity contribution in [2.45, 2.75) is 63.9 Å². The van der Waals surface area contributed by atoms with Crippen molar-refractivity contribution in [2.24, 2.45) is 0 Å². The average Bonchev–Trinajstić information content (AvgIpc) is 3.83. The SMILES string of the molecule is Cc1ccc(-c2nnn(CC(=O)N(C3CCN(Cc4ccccc4)CC3)[C@@H](C(=O)NC[C@@H]3CCCO3)c3ccc(F)cc3)n2)o1. The molecule has 0 spiro atoms. The molecule has 1 N–H and O–H groups in total. The van der Waals surface area contributed by atoms with Crippen LogP contribution in [0.2, 0.25) is 0 Å². The van der Waals surface area contributed by atoms with Crippen molar-refractivity contribution in [1.82, 2.24) is 35.3 Å². The quantitative estimate of drug-likeness (QED) is 0.270. The van der Waals surface area contributed by atoms with E-state index < -0.39 is 11.9 Å². The summed E-state index contributed by atoms with van der Waals surface area (Å²) in [6, 6.07) is 18.4. The van der Waals surface area contributed by atoms with Gasteiger partial charge in [-0.25, -0.2) is 4.39 Å². The van der Waals surface area contributed by atoms with E-state index in [4.69, 9.17) is 9.15 Å². The van der Waals surface area contributed by atoms with Crippen molar-refractivity contribution in [2.75, 3.05) is 26.2 Å². The van der Waals surface area contributed by atoms with Crippen molar-refractivity contribution >= 4 is 11.8 Å². The number of rotatable bonds is 11. The van der Waals surface area contributed by atoms with Crippen molar-refractivity contribution in [3.63, 3.8) is 0 Å². The molecule has 0 bridgehead atoms. The zero-order valence-electron chi connectivity index (χ0n) is 25.3. The van der Waals surface area contributed by atoms with Gasteiger partial charge in [-0.2, -0.15) is 4.80 Å². The van der Waals surface area contributed by atoms with Crippen LogP contribution < -0.4 is 5.32 Å². The van der Waals surface area contributed by atoms with Crippen LogP contribution in [0.15, 0.2) is 71.1 Å². The minimum absolute atomic E-state index is 0.0730. The lowest BCUT2D eigenvalue weighted by molar-refractivity contribution is -0.146. The van der Waals surface area contributed by atoms with Crippen molar-refractivity contribution in [3.05, 3.63) is 89.4 Å². The average molecular weight is 616 g/mol. The Kier molecular flexibility index (Phi) is 9.61. The molecule has 0 saturated carbocycles. The van der Waals surface area contributed by atoms with E-state index >= 15 is 0 Å². The Bertz CT molecular complexity index is 1560. The molecule has 11 nitrogen and oxygen atoms in total. The van der Waals surface area contributed by atoms with Gasteiger partial charge in [-0.05, 0) is 73.2 Å². The molecule has 2 saturated heterocycles. The molecular formula is C33H38FN7O4. The summed E-state index contributed by atoms with van der Waals surface area (Å²) in [6.07, 6.45) is 3.06. The molecule has 236 valence electrons. The molecule has 4 aromatic rings. The zero-order valence-corrected chi connectivity index (χ0v) is 25.3. The summed E-state index contributed by atoms with van der Waals surface area (Å²) in [5, 5.41) is 15.6. The first kappa shape index (κ1) is 30.6. The second-order valence-electron chi connectivity index (χ2n) is 11.7. The molecule has 12 heteroatoms. The smallest absolute Gasteiger partial charge is 0.247 e. The summed E-state index contributed by atoms with van der Waals surface area (Å²) in [5.41, 5.74) is 1.75. The molecule has 45 heavy (non-hydrogen) atoms. The van der Waals surface area contributed by atoms with Gasteiger partial charge in [-0.3, -0.25) is 14.5 Å². The Hall–Kier alpha value is -4.42. The Morgan fingerprint density at radius 2 is 1.82 bits per heavy atom. The van der Waals surface area contributed by atoms with Crippen molar-refractivity contribution < 1.29 is 23.1 Å². The Morgan fingerprint density at radius 3 is 2.51 bits per heavy atom. The molecule has 2 aromatic carbocycles. The van der Waals surface area contributed by atoms with Crippen LogP contribution in [0.1, 0.15) is 48.6 Å². The lowest BCUT2D eigenvalue weighted by Crippen LogP contribution is -2.53. The number of aryl methyl sites for hydroxylation is 1. The highest BCUT2D eigenvalue weighted by atomic mass is 19.1. The lowest BCUT2D eigenvalue weighted by Gasteiger charge is -2.42. The van der Waals surface area contributed by atoms with Crippen LogP contribution in [0.3, 0.4) is 0 Å². The third-order valence-corrected chi connectivity index (χ3v) is 8.42. The number of nitrogens with one attached hydrogen (secondary N) is 1. The first-order valence-corrected chi connectivity index (χ1v) is 15.5. The molecular weight excluding hydrogens is 577 g/mol. The number of aromatic nitrogens is 4. The zero-order chi connectivity index (χ0) is 31.2. The first-order chi connectivity index (χ1) is 21.9. The number of carbonyl (C=O) groups is 2. The van der Waals surface area contributed by atoms with Crippen molar-refractivity contribution in [3.8, 4) is 11.6 Å². The molecule has 0 unspecified atom stereocenters. The predicted molar refractivity (Wildman–Crippen MR) is 163 cm³/mol. The van der Waals surface area contributed by atoms with Crippen molar-refractivity contribution in [1.29, 1.82) is 0 Å². The minimum atomic E-state index is -0.985. The molecule has 6 rings (SSSR count). The number of halogens is 1. The second-order valence-corrected chi connectivity index (χ2v) is 11.7. The van der Waals surface area contributed by atoms with Crippen LogP contribution in [0.25, 0.3) is 11.6 Å². The van der Waals surface area contributed by atoms with Gasteiger partial charge in [-0.1, -0.05) is 42.5 Å². The number of furan rings is 1. The molecule has 2 aliphatic heterocycles. The third kappa shape index (κ3) is 7.63. The summed E-state index contributed by atoms with van der Waals surface area (Å²) < 4.78 is 25.4. The Balaban J connectivity index is 1.26. The van der Waals surface area contributed by atoms with Crippen LogP contribution in [0.5, 0.6) is 0 Å². The van der Waals surface area contributed by atoms with Crippen LogP contribution in [-0.4, -0.2) is 80.2 Å². The van der Waals surface area contributed by atoms with Gasteiger partial charge >= 0.3 is 0 Å². The number of hydrogen-bond acceptors (Lipinski definition) is 8. The number of nitrogens with zero attached hydrogens (tertiary/aromatic N) is 6. The molecule has 2 fully saturated rings. The van der Waals surface area contributed by atoms with Crippen LogP contribution in [0, 0.1) is 12.7 Å². The van der Waals surface area contributed by atoms with Gasteiger partial charge in [0, 0.05) is 38.8 Å².